The fourth-order valence-corrected chi connectivity index (χ4v) is 5.01. The van der Waals surface area contributed by atoms with Crippen LogP contribution < -0.4 is 15.4 Å². The summed E-state index contributed by atoms with van der Waals surface area (Å²) in [7, 11) is 0. The second kappa shape index (κ2) is 11.1. The molecule has 2 aromatic rings. The smallest absolute Gasteiger partial charge is 0.478 e. The van der Waals surface area contributed by atoms with Gasteiger partial charge in [0.2, 0.25) is 5.91 Å². The number of carbonyl (C=O) groups excluding carboxylic acids is 2. The van der Waals surface area contributed by atoms with Gasteiger partial charge in [0, 0.05) is 18.3 Å². The molecular weight excluding hydrogens is 491 g/mol. The Morgan fingerprint density at radius 1 is 0.973 bits per heavy atom. The number of nitrogens with one attached hydrogen (secondary N) is 2. The first-order valence-corrected chi connectivity index (χ1v) is 12.2. The third kappa shape index (κ3) is 6.93. The molecule has 2 fully saturated rings. The van der Waals surface area contributed by atoms with Crippen molar-refractivity contribution in [2.24, 2.45) is 0 Å². The Hall–Kier alpha value is -3.76. The fraction of sp³-hybridized carbons (Fsp3) is 0.423. The van der Waals surface area contributed by atoms with Crippen molar-refractivity contribution in [2.45, 2.75) is 62.9 Å². The van der Waals surface area contributed by atoms with E-state index in [1.165, 1.54) is 17.0 Å². The van der Waals surface area contributed by atoms with Gasteiger partial charge in [0.25, 0.3) is 0 Å². The number of likely N-dealkylation sites (tertiary alicyclic amines) is 1. The Bertz CT molecular complexity index is 1130. The third-order valence-electron chi connectivity index (χ3n) is 6.83. The number of hydrogen-bond acceptors (Lipinski definition) is 4. The van der Waals surface area contributed by atoms with Crippen molar-refractivity contribution in [3.63, 3.8) is 0 Å². The van der Waals surface area contributed by atoms with Crippen LogP contribution in [0.15, 0.2) is 48.5 Å². The van der Waals surface area contributed by atoms with Crippen molar-refractivity contribution in [2.75, 3.05) is 11.9 Å². The molecule has 1 aliphatic heterocycles. The van der Waals surface area contributed by atoms with E-state index in [9.17, 15) is 32.7 Å². The first kappa shape index (κ1) is 26.3. The van der Waals surface area contributed by atoms with Gasteiger partial charge in [-0.1, -0.05) is 12.1 Å². The van der Waals surface area contributed by atoms with Crippen LogP contribution in [0.4, 0.5) is 23.7 Å². The molecular formula is C26H28F3N3O5. The second-order valence-corrected chi connectivity index (χ2v) is 9.34. The molecule has 1 atom stereocenters. The summed E-state index contributed by atoms with van der Waals surface area (Å²) in [6.45, 7) is 0.395. The number of anilines is 1. The molecule has 3 N–H and O–H groups in total. The minimum absolute atomic E-state index is 0.0295. The predicted octanol–water partition coefficient (Wildman–Crippen LogP) is 5.12. The molecule has 1 saturated carbocycles. The number of aromatic carboxylic acids is 1. The molecule has 37 heavy (non-hydrogen) atoms. The van der Waals surface area contributed by atoms with Gasteiger partial charge in [0.15, 0.2) is 0 Å². The van der Waals surface area contributed by atoms with Gasteiger partial charge in [-0.05, 0) is 86.4 Å². The number of rotatable bonds is 6. The lowest BCUT2D eigenvalue weighted by atomic mass is 9.81. The van der Waals surface area contributed by atoms with Gasteiger partial charge in [-0.25, -0.2) is 9.59 Å². The van der Waals surface area contributed by atoms with Crippen molar-refractivity contribution in [1.82, 2.24) is 10.2 Å². The number of carboxylic acid groups (broad SMARTS) is 1. The normalized spacial score (nSPS) is 21.8. The fourth-order valence-electron chi connectivity index (χ4n) is 5.01. The summed E-state index contributed by atoms with van der Waals surface area (Å²) in [5.74, 6) is -1.35. The average Bonchev–Trinajstić information content (AvgIpc) is 3.35. The van der Waals surface area contributed by atoms with Crippen molar-refractivity contribution < 1.29 is 37.4 Å². The van der Waals surface area contributed by atoms with Crippen LogP contribution in [0.3, 0.4) is 0 Å². The molecule has 3 amide bonds. The summed E-state index contributed by atoms with van der Waals surface area (Å²) >= 11 is 0. The van der Waals surface area contributed by atoms with E-state index in [1.807, 2.05) is 6.07 Å². The van der Waals surface area contributed by atoms with Crippen LogP contribution in [-0.4, -0.2) is 52.9 Å². The number of carbonyl (C=O) groups is 3. The van der Waals surface area contributed by atoms with Gasteiger partial charge in [-0.2, -0.15) is 0 Å². The lowest BCUT2D eigenvalue weighted by molar-refractivity contribution is -0.274. The number of benzene rings is 2. The zero-order chi connectivity index (χ0) is 26.6. The number of ether oxygens (including phenoxy) is 1. The SMILES string of the molecule is O=C(O)c1cccc(C2CCC(NC(=O)[C@H]3CCCN3C(=O)Nc3ccc(OC(F)(F)F)cc3)CC2)c1. The number of amides is 3. The first-order valence-electron chi connectivity index (χ1n) is 12.2. The predicted molar refractivity (Wildman–Crippen MR) is 128 cm³/mol. The van der Waals surface area contributed by atoms with Gasteiger partial charge in [0.05, 0.1) is 5.56 Å². The number of alkyl halides is 3. The number of carboxylic acids is 1. The van der Waals surface area contributed by atoms with Crippen LogP contribution in [0.1, 0.15) is 60.4 Å². The summed E-state index contributed by atoms with van der Waals surface area (Å²) in [5, 5.41) is 14.9. The molecule has 1 aliphatic carbocycles. The third-order valence-corrected chi connectivity index (χ3v) is 6.83. The molecule has 2 aromatic carbocycles. The molecule has 2 aliphatic rings. The van der Waals surface area contributed by atoms with Crippen molar-refractivity contribution in [3.05, 3.63) is 59.7 Å². The molecule has 0 aromatic heterocycles. The highest BCUT2D eigenvalue weighted by molar-refractivity contribution is 5.94. The van der Waals surface area contributed by atoms with E-state index in [0.29, 0.717) is 19.4 Å². The largest absolute Gasteiger partial charge is 0.573 e. The minimum Gasteiger partial charge on any atom is -0.478 e. The minimum atomic E-state index is -4.80. The van der Waals surface area contributed by atoms with E-state index >= 15 is 0 Å². The van der Waals surface area contributed by atoms with E-state index in [1.54, 1.807) is 18.2 Å². The van der Waals surface area contributed by atoms with Gasteiger partial charge in [-0.15, -0.1) is 13.2 Å². The van der Waals surface area contributed by atoms with Crippen LogP contribution in [0, 0.1) is 0 Å². The van der Waals surface area contributed by atoms with Gasteiger partial charge in [-0.3, -0.25) is 4.79 Å². The summed E-state index contributed by atoms with van der Waals surface area (Å²) in [5.41, 5.74) is 1.54. The highest BCUT2D eigenvalue weighted by Gasteiger charge is 2.36. The first-order chi connectivity index (χ1) is 17.6. The zero-order valence-corrected chi connectivity index (χ0v) is 20.0. The van der Waals surface area contributed by atoms with Crippen molar-refractivity contribution in [3.8, 4) is 5.75 Å². The Morgan fingerprint density at radius 3 is 2.32 bits per heavy atom. The lowest BCUT2D eigenvalue weighted by Gasteiger charge is -2.31. The Morgan fingerprint density at radius 2 is 1.68 bits per heavy atom. The summed E-state index contributed by atoms with van der Waals surface area (Å²) < 4.78 is 40.8. The number of nitrogens with zero attached hydrogens (tertiary/aromatic N) is 1. The summed E-state index contributed by atoms with van der Waals surface area (Å²) in [6, 6.07) is 10.6. The molecule has 8 nitrogen and oxygen atoms in total. The Kier molecular flexibility index (Phi) is 7.89. The molecule has 0 bridgehead atoms. The average molecular weight is 520 g/mol. The Labute approximate surface area is 211 Å². The van der Waals surface area contributed by atoms with Gasteiger partial charge < -0.3 is 25.4 Å². The second-order valence-electron chi connectivity index (χ2n) is 9.34. The van der Waals surface area contributed by atoms with E-state index in [4.69, 9.17) is 0 Å². The number of halogens is 3. The van der Waals surface area contributed by atoms with Crippen molar-refractivity contribution in [1.29, 1.82) is 0 Å². The lowest BCUT2D eigenvalue weighted by Crippen LogP contribution is -2.50. The standard InChI is InChI=1S/C26H28F3N3O5/c27-26(28,29)37-21-12-10-20(11-13-21)31-25(36)32-14-2-5-22(32)23(33)30-19-8-6-16(7-9-19)17-3-1-4-18(15-17)24(34)35/h1,3-4,10-13,15-16,19,22H,2,5-9,14H2,(H,30,33)(H,31,36)(H,34,35)/t16?,19?,22-/m1/s1. The van der Waals surface area contributed by atoms with Crippen LogP contribution in [-0.2, 0) is 4.79 Å². The highest BCUT2D eigenvalue weighted by Crippen LogP contribution is 2.33. The maximum atomic E-state index is 13.0. The monoisotopic (exact) mass is 519 g/mol. The van der Waals surface area contributed by atoms with Gasteiger partial charge >= 0.3 is 18.4 Å². The summed E-state index contributed by atoms with van der Waals surface area (Å²) in [6.07, 6.45) is -0.483. The topological polar surface area (TPSA) is 108 Å². The van der Waals surface area contributed by atoms with Crippen molar-refractivity contribution >= 4 is 23.6 Å². The van der Waals surface area contributed by atoms with E-state index in [-0.39, 0.29) is 29.1 Å². The van der Waals surface area contributed by atoms with E-state index < -0.39 is 30.2 Å². The van der Waals surface area contributed by atoms with E-state index in [2.05, 4.69) is 15.4 Å². The Balaban J connectivity index is 1.28. The van der Waals surface area contributed by atoms with Crippen LogP contribution in [0.2, 0.25) is 0 Å². The molecule has 1 heterocycles. The maximum absolute atomic E-state index is 13.0. The molecule has 4 rings (SSSR count). The van der Waals surface area contributed by atoms with Crippen LogP contribution in [0.25, 0.3) is 0 Å². The zero-order valence-electron chi connectivity index (χ0n) is 20.0. The van der Waals surface area contributed by atoms with Gasteiger partial charge in [0.1, 0.15) is 11.8 Å². The van der Waals surface area contributed by atoms with Crippen LogP contribution >= 0.6 is 0 Å². The quantitative estimate of drug-likeness (QED) is 0.491. The van der Waals surface area contributed by atoms with E-state index in [0.717, 1.165) is 43.4 Å². The summed E-state index contributed by atoms with van der Waals surface area (Å²) in [4.78, 5) is 38.5. The number of urea groups is 1. The molecule has 11 heteroatoms. The molecule has 0 radical (unpaired) electrons. The molecule has 0 spiro atoms. The van der Waals surface area contributed by atoms with Crippen LogP contribution in [0.5, 0.6) is 5.75 Å². The maximum Gasteiger partial charge on any atom is 0.573 e. The molecule has 198 valence electrons. The molecule has 0 unspecified atom stereocenters. The number of hydrogen-bond donors (Lipinski definition) is 3. The highest BCUT2D eigenvalue weighted by atomic mass is 19.4. The molecule has 1 saturated heterocycles.